The predicted octanol–water partition coefficient (Wildman–Crippen LogP) is 3.60. The van der Waals surface area contributed by atoms with Crippen LogP contribution >= 0.6 is 11.8 Å². The molecule has 2 rings (SSSR count). The van der Waals surface area contributed by atoms with E-state index in [1.165, 1.54) is 6.07 Å². The van der Waals surface area contributed by atoms with E-state index in [1.807, 2.05) is 11.8 Å². The number of benzene rings is 1. The Morgan fingerprint density at radius 2 is 1.89 bits per heavy atom. The van der Waals surface area contributed by atoms with Crippen molar-refractivity contribution in [3.63, 3.8) is 0 Å². The summed E-state index contributed by atoms with van der Waals surface area (Å²) in [7, 11) is 0. The molecule has 1 saturated heterocycles. The van der Waals surface area contributed by atoms with E-state index in [0.717, 1.165) is 30.4 Å². The van der Waals surface area contributed by atoms with Crippen LogP contribution in [0.3, 0.4) is 0 Å². The van der Waals surface area contributed by atoms with Crippen LogP contribution in [0, 0.1) is 0 Å². The highest BCUT2D eigenvalue weighted by Gasteiger charge is 2.33. The number of nitrogens with two attached hydrogens (primary N) is 1. The fourth-order valence-electron chi connectivity index (χ4n) is 1.97. The number of rotatable bonds is 2. The van der Waals surface area contributed by atoms with E-state index in [9.17, 15) is 13.2 Å². The van der Waals surface area contributed by atoms with Crippen LogP contribution in [0.5, 0.6) is 0 Å². The number of nitrogens with one attached hydrogen (secondary N) is 1. The molecule has 100 valence electrons. The maximum Gasteiger partial charge on any atom is 0.418 e. The molecular formula is C12H15F3N2S. The molecule has 0 amide bonds. The largest absolute Gasteiger partial charge is 0.418 e. The standard InChI is InChI=1S/C12H15F3N2S/c13-12(14,15)10-7-9(1-2-11(10)16)17-8-3-5-18-6-4-8/h1-2,7-8,17H,3-6,16H2. The predicted molar refractivity (Wildman–Crippen MR) is 69.8 cm³/mol. The molecule has 0 atom stereocenters. The number of anilines is 2. The van der Waals surface area contributed by atoms with E-state index in [1.54, 1.807) is 6.07 Å². The van der Waals surface area contributed by atoms with Gasteiger partial charge in [-0.25, -0.2) is 0 Å². The molecule has 1 aromatic carbocycles. The molecule has 6 heteroatoms. The Bertz CT molecular complexity index is 414. The minimum absolute atomic E-state index is 0.229. The van der Waals surface area contributed by atoms with Gasteiger partial charge in [-0.1, -0.05) is 0 Å². The minimum Gasteiger partial charge on any atom is -0.398 e. The minimum atomic E-state index is -4.40. The van der Waals surface area contributed by atoms with Gasteiger partial charge in [-0.15, -0.1) is 0 Å². The van der Waals surface area contributed by atoms with E-state index in [4.69, 9.17) is 5.73 Å². The number of hydrogen-bond donors (Lipinski definition) is 2. The third-order valence-electron chi connectivity index (χ3n) is 2.95. The summed E-state index contributed by atoms with van der Waals surface area (Å²) in [5.74, 6) is 2.11. The maximum absolute atomic E-state index is 12.7. The second-order valence-electron chi connectivity index (χ2n) is 4.33. The van der Waals surface area contributed by atoms with Crippen molar-refractivity contribution in [3.8, 4) is 0 Å². The molecule has 1 fully saturated rings. The molecule has 0 spiro atoms. The zero-order valence-corrected chi connectivity index (χ0v) is 10.6. The van der Waals surface area contributed by atoms with Crippen molar-refractivity contribution in [3.05, 3.63) is 23.8 Å². The van der Waals surface area contributed by atoms with Crippen molar-refractivity contribution in [1.82, 2.24) is 0 Å². The van der Waals surface area contributed by atoms with Gasteiger partial charge in [-0.05, 0) is 42.5 Å². The van der Waals surface area contributed by atoms with Gasteiger partial charge in [-0.2, -0.15) is 24.9 Å². The van der Waals surface area contributed by atoms with Crippen molar-refractivity contribution in [2.75, 3.05) is 22.6 Å². The first-order chi connectivity index (χ1) is 8.47. The molecule has 0 radical (unpaired) electrons. The molecule has 0 unspecified atom stereocenters. The zero-order chi connectivity index (χ0) is 13.2. The molecule has 0 aliphatic carbocycles. The van der Waals surface area contributed by atoms with Crippen molar-refractivity contribution < 1.29 is 13.2 Å². The lowest BCUT2D eigenvalue weighted by Gasteiger charge is -2.24. The summed E-state index contributed by atoms with van der Waals surface area (Å²) in [6, 6.07) is 4.27. The number of halogens is 3. The number of nitrogen functional groups attached to an aromatic ring is 1. The van der Waals surface area contributed by atoms with Gasteiger partial charge >= 0.3 is 6.18 Å². The van der Waals surface area contributed by atoms with E-state index < -0.39 is 11.7 Å². The fourth-order valence-corrected chi connectivity index (χ4v) is 3.08. The van der Waals surface area contributed by atoms with Crippen molar-refractivity contribution in [2.45, 2.75) is 25.1 Å². The first-order valence-corrected chi connectivity index (χ1v) is 6.93. The van der Waals surface area contributed by atoms with Gasteiger partial charge in [0.2, 0.25) is 0 Å². The normalized spacial score (nSPS) is 17.7. The summed E-state index contributed by atoms with van der Waals surface area (Å²) in [5.41, 5.74) is 4.86. The van der Waals surface area contributed by atoms with Crippen LogP contribution in [-0.2, 0) is 6.18 Å². The molecule has 0 aromatic heterocycles. The molecular weight excluding hydrogens is 261 g/mol. The van der Waals surface area contributed by atoms with Crippen LogP contribution in [0.25, 0.3) is 0 Å². The van der Waals surface area contributed by atoms with Crippen LogP contribution in [0.4, 0.5) is 24.5 Å². The molecule has 3 N–H and O–H groups in total. The Morgan fingerprint density at radius 3 is 2.50 bits per heavy atom. The zero-order valence-electron chi connectivity index (χ0n) is 9.76. The molecule has 18 heavy (non-hydrogen) atoms. The van der Waals surface area contributed by atoms with Crippen molar-refractivity contribution in [1.29, 1.82) is 0 Å². The summed E-state index contributed by atoms with van der Waals surface area (Å²) in [4.78, 5) is 0. The average molecular weight is 276 g/mol. The molecule has 1 aromatic rings. The van der Waals surface area contributed by atoms with Gasteiger partial charge in [-0.3, -0.25) is 0 Å². The topological polar surface area (TPSA) is 38.0 Å². The Hall–Kier alpha value is -1.04. The van der Waals surface area contributed by atoms with Crippen LogP contribution in [0.1, 0.15) is 18.4 Å². The van der Waals surface area contributed by atoms with Crippen LogP contribution in [0.2, 0.25) is 0 Å². The van der Waals surface area contributed by atoms with Crippen LogP contribution in [0.15, 0.2) is 18.2 Å². The Morgan fingerprint density at radius 1 is 1.22 bits per heavy atom. The van der Waals surface area contributed by atoms with E-state index in [0.29, 0.717) is 5.69 Å². The lowest BCUT2D eigenvalue weighted by Crippen LogP contribution is -2.24. The smallest absolute Gasteiger partial charge is 0.398 e. The Labute approximate surface area is 108 Å². The van der Waals surface area contributed by atoms with Gasteiger partial charge in [0.15, 0.2) is 0 Å². The quantitative estimate of drug-likeness (QED) is 0.811. The number of thioether (sulfide) groups is 1. The average Bonchev–Trinajstić information content (AvgIpc) is 2.31. The molecule has 2 nitrogen and oxygen atoms in total. The highest BCUT2D eigenvalue weighted by molar-refractivity contribution is 7.99. The highest BCUT2D eigenvalue weighted by Crippen LogP contribution is 2.35. The van der Waals surface area contributed by atoms with Gasteiger partial charge in [0.1, 0.15) is 0 Å². The first-order valence-electron chi connectivity index (χ1n) is 5.78. The van der Waals surface area contributed by atoms with Crippen LogP contribution in [-0.4, -0.2) is 17.5 Å². The van der Waals surface area contributed by atoms with Crippen molar-refractivity contribution >= 4 is 23.1 Å². The Kier molecular flexibility index (Phi) is 3.94. The SMILES string of the molecule is Nc1ccc(NC2CCSCC2)cc1C(F)(F)F. The number of hydrogen-bond acceptors (Lipinski definition) is 3. The van der Waals surface area contributed by atoms with E-state index >= 15 is 0 Å². The highest BCUT2D eigenvalue weighted by atomic mass is 32.2. The second-order valence-corrected chi connectivity index (χ2v) is 5.56. The number of alkyl halides is 3. The van der Waals surface area contributed by atoms with E-state index in [-0.39, 0.29) is 11.7 Å². The fraction of sp³-hybridized carbons (Fsp3) is 0.500. The summed E-state index contributed by atoms with van der Waals surface area (Å²) in [6.45, 7) is 0. The lowest BCUT2D eigenvalue weighted by atomic mass is 10.1. The molecule has 1 aliphatic heterocycles. The lowest BCUT2D eigenvalue weighted by molar-refractivity contribution is -0.136. The first kappa shape index (κ1) is 13.4. The van der Waals surface area contributed by atoms with Crippen LogP contribution < -0.4 is 11.1 Å². The van der Waals surface area contributed by atoms with Gasteiger partial charge in [0, 0.05) is 17.4 Å². The van der Waals surface area contributed by atoms with E-state index in [2.05, 4.69) is 5.32 Å². The summed E-state index contributed by atoms with van der Waals surface area (Å²) < 4.78 is 38.1. The Balaban J connectivity index is 2.14. The molecule has 1 aliphatic rings. The second kappa shape index (κ2) is 5.30. The molecule has 0 saturated carbocycles. The maximum atomic E-state index is 12.7. The molecule has 1 heterocycles. The third-order valence-corrected chi connectivity index (χ3v) is 4.00. The van der Waals surface area contributed by atoms with Crippen molar-refractivity contribution in [2.24, 2.45) is 0 Å². The van der Waals surface area contributed by atoms with Gasteiger partial charge in [0.05, 0.1) is 5.56 Å². The summed E-state index contributed by atoms with van der Waals surface area (Å²) >= 11 is 1.88. The summed E-state index contributed by atoms with van der Waals surface area (Å²) in [6.07, 6.45) is -2.43. The third kappa shape index (κ3) is 3.25. The molecule has 0 bridgehead atoms. The van der Waals surface area contributed by atoms with Gasteiger partial charge in [0.25, 0.3) is 0 Å². The summed E-state index contributed by atoms with van der Waals surface area (Å²) in [5, 5.41) is 3.15. The monoisotopic (exact) mass is 276 g/mol. The van der Waals surface area contributed by atoms with Gasteiger partial charge < -0.3 is 11.1 Å².